The van der Waals surface area contributed by atoms with Crippen LogP contribution in [-0.2, 0) is 37.9 Å². The van der Waals surface area contributed by atoms with Gasteiger partial charge in [-0.05, 0) is 12.2 Å². The smallest absolute Gasteiger partial charge is 0.187 e. The second-order valence-corrected chi connectivity index (χ2v) is 14.0. The molecule has 0 amide bonds. The molecule has 20 atom stereocenters. The molecule has 4 saturated heterocycles. The molecule has 4 heterocycles. The molecule has 0 unspecified atom stereocenters. The summed E-state index contributed by atoms with van der Waals surface area (Å²) in [6.07, 6.45) is -34.8. The van der Waals surface area contributed by atoms with E-state index in [0.717, 1.165) is 0 Å². The second-order valence-electron chi connectivity index (χ2n) is 12.7. The average molecular weight is 784 g/mol. The van der Waals surface area contributed by atoms with Gasteiger partial charge < -0.3 is 110 Å². The minimum absolute atomic E-state index is 0.0603. The predicted octanol–water partition coefficient (Wildman–Crippen LogP) is -8.64. The van der Waals surface area contributed by atoms with Crippen LogP contribution >= 0.6 is 11.8 Å². The van der Waals surface area contributed by atoms with Crippen LogP contribution in [-0.4, -0.2) is 240 Å². The van der Waals surface area contributed by atoms with Crippen molar-refractivity contribution in [1.29, 1.82) is 0 Å². The Morgan fingerprint density at radius 2 is 0.808 bits per heavy atom. The van der Waals surface area contributed by atoms with Crippen molar-refractivity contribution in [2.24, 2.45) is 5.73 Å². The van der Waals surface area contributed by atoms with E-state index in [4.69, 9.17) is 43.6 Å². The summed E-state index contributed by atoms with van der Waals surface area (Å²) < 4.78 is 45.7. The molecule has 4 fully saturated rings. The van der Waals surface area contributed by atoms with Gasteiger partial charge in [-0.3, -0.25) is 0 Å². The van der Waals surface area contributed by atoms with Gasteiger partial charge in [-0.1, -0.05) is 0 Å². The Bertz CT molecular complexity index is 1040. The molecule has 4 rings (SSSR count). The van der Waals surface area contributed by atoms with Crippen molar-refractivity contribution in [3.05, 3.63) is 0 Å². The zero-order valence-corrected chi connectivity index (χ0v) is 28.8. The minimum atomic E-state index is -2.00. The molecule has 0 aliphatic carbocycles. The lowest BCUT2D eigenvalue weighted by molar-refractivity contribution is -0.406. The lowest BCUT2D eigenvalue weighted by atomic mass is 9.96. The molecule has 23 heteroatoms. The van der Waals surface area contributed by atoms with E-state index in [1.807, 2.05) is 0 Å². The van der Waals surface area contributed by atoms with Gasteiger partial charge in [0.05, 0.1) is 33.0 Å². The fourth-order valence-electron chi connectivity index (χ4n) is 6.15. The molecular weight excluding hydrogens is 730 g/mol. The molecule has 0 aromatic heterocycles. The lowest BCUT2D eigenvalue weighted by Crippen LogP contribution is -2.68. The zero-order chi connectivity index (χ0) is 38.3. The average Bonchev–Trinajstić information content (AvgIpc) is 3.14. The predicted molar refractivity (Wildman–Crippen MR) is 169 cm³/mol. The van der Waals surface area contributed by atoms with E-state index in [9.17, 15) is 66.4 Å². The van der Waals surface area contributed by atoms with E-state index >= 15 is 0 Å². The zero-order valence-electron chi connectivity index (χ0n) is 28.0. The highest BCUT2D eigenvalue weighted by Crippen LogP contribution is 2.35. The molecule has 0 aromatic carbocycles. The van der Waals surface area contributed by atoms with Crippen molar-refractivity contribution in [1.82, 2.24) is 0 Å². The number of aliphatic hydroxyl groups excluding tert-OH is 13. The SMILES string of the molecule is NCCSCCCO[C@@H]1O[C@H](CO)[C@@H](O)[C@H](O)[C@@H]1O[C@@H]1O[C@H](CO)[C@@H](O)[C@H](O)[C@@H]1O[C@@H]1O[C@H](CO)[C@@H](O)[C@H](O)[C@@H]1O[C@@H]1O[C@H](CO)[C@@H](O)[C@H](O)[C@@H]1O. The molecule has 15 N–H and O–H groups in total. The van der Waals surface area contributed by atoms with Gasteiger partial charge in [0.25, 0.3) is 0 Å². The Balaban J connectivity index is 1.60. The Morgan fingerprint density at radius 1 is 0.442 bits per heavy atom. The van der Waals surface area contributed by atoms with Gasteiger partial charge in [0.15, 0.2) is 25.2 Å². The van der Waals surface area contributed by atoms with Crippen molar-refractivity contribution in [3.63, 3.8) is 0 Å². The molecule has 0 radical (unpaired) electrons. The summed E-state index contributed by atoms with van der Waals surface area (Å²) in [4.78, 5) is 0. The van der Waals surface area contributed by atoms with Crippen LogP contribution in [0.15, 0.2) is 0 Å². The first-order chi connectivity index (χ1) is 24.8. The number of hydrogen-bond donors (Lipinski definition) is 14. The topological polar surface area (TPSA) is 363 Å². The summed E-state index contributed by atoms with van der Waals surface area (Å²) in [5, 5.41) is 135. The Hall–Kier alpha value is -0.530. The molecule has 4 aliphatic heterocycles. The summed E-state index contributed by atoms with van der Waals surface area (Å²) >= 11 is 1.56. The van der Waals surface area contributed by atoms with E-state index in [1.54, 1.807) is 11.8 Å². The van der Waals surface area contributed by atoms with Crippen molar-refractivity contribution in [2.75, 3.05) is 51.1 Å². The van der Waals surface area contributed by atoms with Crippen LogP contribution in [0.2, 0.25) is 0 Å². The van der Waals surface area contributed by atoms with E-state index in [2.05, 4.69) is 0 Å². The lowest BCUT2D eigenvalue weighted by Gasteiger charge is -2.49. The fourth-order valence-corrected chi connectivity index (χ4v) is 6.84. The van der Waals surface area contributed by atoms with Gasteiger partial charge >= 0.3 is 0 Å². The van der Waals surface area contributed by atoms with Crippen molar-refractivity contribution >= 4 is 11.8 Å². The molecule has 0 spiro atoms. The fraction of sp³-hybridized carbons (Fsp3) is 1.00. The summed E-state index contributed by atoms with van der Waals surface area (Å²) in [6.45, 7) is -2.75. The van der Waals surface area contributed by atoms with Crippen LogP contribution in [0.25, 0.3) is 0 Å². The van der Waals surface area contributed by atoms with Crippen LogP contribution in [0.5, 0.6) is 0 Å². The first-order valence-corrected chi connectivity index (χ1v) is 18.0. The van der Waals surface area contributed by atoms with Crippen LogP contribution < -0.4 is 5.73 Å². The number of thioether (sulfide) groups is 1. The molecule has 306 valence electrons. The highest BCUT2D eigenvalue weighted by molar-refractivity contribution is 7.99. The van der Waals surface area contributed by atoms with E-state index in [0.29, 0.717) is 24.5 Å². The van der Waals surface area contributed by atoms with Gasteiger partial charge in [0.2, 0.25) is 0 Å². The third-order valence-electron chi connectivity index (χ3n) is 9.17. The molecule has 22 nitrogen and oxygen atoms in total. The van der Waals surface area contributed by atoms with Crippen molar-refractivity contribution in [3.8, 4) is 0 Å². The molecule has 0 saturated carbocycles. The maximum Gasteiger partial charge on any atom is 0.187 e. The van der Waals surface area contributed by atoms with Gasteiger partial charge in [0.1, 0.15) is 97.7 Å². The van der Waals surface area contributed by atoms with E-state index in [1.165, 1.54) is 0 Å². The maximum absolute atomic E-state index is 11.2. The minimum Gasteiger partial charge on any atom is -0.394 e. The van der Waals surface area contributed by atoms with E-state index < -0.39 is 149 Å². The Labute approximate surface area is 302 Å². The maximum atomic E-state index is 11.2. The van der Waals surface area contributed by atoms with Gasteiger partial charge in [0, 0.05) is 12.3 Å². The molecule has 0 aromatic rings. The number of nitrogens with two attached hydrogens (primary N) is 1. The van der Waals surface area contributed by atoms with Gasteiger partial charge in [-0.25, -0.2) is 0 Å². The molecule has 4 aliphatic rings. The van der Waals surface area contributed by atoms with E-state index in [-0.39, 0.29) is 6.61 Å². The first kappa shape index (κ1) is 44.2. The summed E-state index contributed by atoms with van der Waals surface area (Å²) in [7, 11) is 0. The quantitative estimate of drug-likeness (QED) is 0.0609. The Morgan fingerprint density at radius 3 is 1.23 bits per heavy atom. The summed E-state index contributed by atoms with van der Waals surface area (Å²) in [6, 6.07) is 0. The Kier molecular flexibility index (Phi) is 17.5. The second kappa shape index (κ2) is 20.6. The molecular formula is C29H53NO21S. The number of ether oxygens (including phenoxy) is 8. The highest BCUT2D eigenvalue weighted by atomic mass is 32.2. The van der Waals surface area contributed by atoms with Crippen LogP contribution in [0.4, 0.5) is 0 Å². The number of aliphatic hydroxyl groups is 13. The number of rotatable bonds is 17. The largest absolute Gasteiger partial charge is 0.394 e. The molecule has 0 bridgehead atoms. The summed E-state index contributed by atoms with van der Waals surface area (Å²) in [5.41, 5.74) is 5.51. The third kappa shape index (κ3) is 10.1. The van der Waals surface area contributed by atoms with Gasteiger partial charge in [-0.2, -0.15) is 11.8 Å². The third-order valence-corrected chi connectivity index (χ3v) is 10.3. The van der Waals surface area contributed by atoms with Crippen molar-refractivity contribution < 1.29 is 104 Å². The monoisotopic (exact) mass is 783 g/mol. The van der Waals surface area contributed by atoms with Crippen LogP contribution in [0.3, 0.4) is 0 Å². The molecule has 52 heavy (non-hydrogen) atoms. The van der Waals surface area contributed by atoms with Gasteiger partial charge in [-0.15, -0.1) is 0 Å². The highest BCUT2D eigenvalue weighted by Gasteiger charge is 2.56. The first-order valence-electron chi connectivity index (χ1n) is 16.9. The summed E-state index contributed by atoms with van der Waals surface area (Å²) in [5.74, 6) is 1.36. The standard InChI is InChI=1S/C29H53NO21S/c30-2-5-52-4-1-3-44-27-23(19(40)15(36)11(7-32)46-27)50-29-25(21(42)17(38)13(9-34)48-29)51-28-24(20(41)16(37)12(8-33)47-28)49-26-22(43)18(39)14(35)10(6-31)45-26/h10-29,31-43H,1-9,30H2/t10-,11-,12-,13-,14-,15-,16-,17-,18+,19+,20+,21+,22+,23+,24+,25+,26+,27-,28+,29+/m1/s1. The number of hydrogen-bond acceptors (Lipinski definition) is 23. The van der Waals surface area contributed by atoms with Crippen LogP contribution in [0, 0.1) is 0 Å². The van der Waals surface area contributed by atoms with Crippen molar-refractivity contribution in [2.45, 2.75) is 129 Å². The normalized spacial score (nSPS) is 47.4. The van der Waals surface area contributed by atoms with Crippen LogP contribution in [0.1, 0.15) is 6.42 Å².